The van der Waals surface area contributed by atoms with E-state index >= 15 is 0 Å². The average molecular weight is 338 g/mol. The van der Waals surface area contributed by atoms with Crippen LogP contribution in [-0.2, 0) is 14.3 Å². The van der Waals surface area contributed by atoms with Gasteiger partial charge in [-0.2, -0.15) is 0 Å². The summed E-state index contributed by atoms with van der Waals surface area (Å²) < 4.78 is 10.8. The Balaban J connectivity index is 2.50. The standard InChI is InChI=1S/C20H34O4/c1-5-8-9-10-11-12-13-14-15-20(22)17(18(21)23-7-3)19(4,6-2)16-24-20/h5-6,17,22H,1-2,7-16H2,3-4H3/t17?,19-,20?/m1/s1. The number of carbonyl (C=O) groups is 1. The summed E-state index contributed by atoms with van der Waals surface area (Å²) in [5.41, 5.74) is -0.592. The molecule has 0 radical (unpaired) electrons. The SMILES string of the molecule is C=CCCCCCCCCC1(O)OC[C@@](C)(C=C)C1C(=O)OCC. The first-order chi connectivity index (χ1) is 11.4. The molecule has 0 aromatic carbocycles. The molecular formula is C20H34O4. The minimum absolute atomic E-state index is 0.290. The lowest BCUT2D eigenvalue weighted by molar-refractivity contribution is -0.210. The van der Waals surface area contributed by atoms with E-state index in [-0.39, 0.29) is 6.61 Å². The lowest BCUT2D eigenvalue weighted by Crippen LogP contribution is -2.45. The van der Waals surface area contributed by atoms with Crippen molar-refractivity contribution in [3.05, 3.63) is 25.3 Å². The van der Waals surface area contributed by atoms with Gasteiger partial charge < -0.3 is 14.6 Å². The van der Waals surface area contributed by atoms with Gasteiger partial charge in [-0.05, 0) is 26.2 Å². The monoisotopic (exact) mass is 338 g/mol. The lowest BCUT2D eigenvalue weighted by Gasteiger charge is -2.32. The van der Waals surface area contributed by atoms with Gasteiger partial charge in [0.15, 0.2) is 5.79 Å². The van der Waals surface area contributed by atoms with Crippen LogP contribution < -0.4 is 0 Å². The van der Waals surface area contributed by atoms with E-state index in [1.165, 1.54) is 19.3 Å². The third-order valence-electron chi connectivity index (χ3n) is 4.93. The highest BCUT2D eigenvalue weighted by Gasteiger charge is 2.58. The molecule has 0 bridgehead atoms. The van der Waals surface area contributed by atoms with Crippen molar-refractivity contribution < 1.29 is 19.4 Å². The molecule has 0 aliphatic carbocycles. The number of carbonyl (C=O) groups excluding carboxylic acids is 1. The molecule has 1 N–H and O–H groups in total. The van der Waals surface area contributed by atoms with Gasteiger partial charge in [0.2, 0.25) is 0 Å². The van der Waals surface area contributed by atoms with Crippen LogP contribution in [0.4, 0.5) is 0 Å². The van der Waals surface area contributed by atoms with E-state index in [4.69, 9.17) is 9.47 Å². The number of hydrogen-bond donors (Lipinski definition) is 1. The zero-order chi connectivity index (χ0) is 18.1. The summed E-state index contributed by atoms with van der Waals surface area (Å²) in [6.07, 6.45) is 11.8. The molecule has 1 aliphatic heterocycles. The molecule has 1 heterocycles. The van der Waals surface area contributed by atoms with Crippen LogP contribution in [0.1, 0.15) is 65.2 Å². The smallest absolute Gasteiger partial charge is 0.315 e. The Morgan fingerprint density at radius 1 is 1.25 bits per heavy atom. The Labute approximate surface area is 146 Å². The van der Waals surface area contributed by atoms with Crippen molar-refractivity contribution in [3.63, 3.8) is 0 Å². The van der Waals surface area contributed by atoms with Crippen molar-refractivity contribution in [2.45, 2.75) is 71.0 Å². The maximum Gasteiger partial charge on any atom is 0.315 e. The fourth-order valence-electron chi connectivity index (χ4n) is 3.41. The van der Waals surface area contributed by atoms with Crippen molar-refractivity contribution in [2.24, 2.45) is 11.3 Å². The van der Waals surface area contributed by atoms with Crippen molar-refractivity contribution in [1.29, 1.82) is 0 Å². The third kappa shape index (κ3) is 5.45. The summed E-state index contributed by atoms with van der Waals surface area (Å²) in [6, 6.07) is 0. The van der Waals surface area contributed by atoms with Gasteiger partial charge in [0, 0.05) is 11.8 Å². The van der Waals surface area contributed by atoms with Gasteiger partial charge in [-0.25, -0.2) is 0 Å². The quantitative estimate of drug-likeness (QED) is 0.326. The van der Waals surface area contributed by atoms with Gasteiger partial charge in [-0.1, -0.05) is 44.8 Å². The minimum Gasteiger partial charge on any atom is -0.466 e. The summed E-state index contributed by atoms with van der Waals surface area (Å²) in [7, 11) is 0. The molecule has 0 saturated carbocycles. The zero-order valence-electron chi connectivity index (χ0n) is 15.4. The molecule has 24 heavy (non-hydrogen) atoms. The molecule has 1 rings (SSSR count). The van der Waals surface area contributed by atoms with Gasteiger partial charge in [0.25, 0.3) is 0 Å². The topological polar surface area (TPSA) is 55.8 Å². The van der Waals surface area contributed by atoms with Gasteiger partial charge in [-0.15, -0.1) is 13.2 Å². The molecular weight excluding hydrogens is 304 g/mol. The van der Waals surface area contributed by atoms with Crippen LogP contribution in [-0.4, -0.2) is 30.1 Å². The molecule has 0 amide bonds. The number of esters is 1. The number of unbranched alkanes of at least 4 members (excludes halogenated alkanes) is 6. The average Bonchev–Trinajstić information content (AvgIpc) is 2.83. The van der Waals surface area contributed by atoms with Gasteiger partial charge in [-0.3, -0.25) is 4.79 Å². The molecule has 1 aliphatic rings. The maximum absolute atomic E-state index is 12.4. The maximum atomic E-state index is 12.4. The summed E-state index contributed by atoms with van der Waals surface area (Å²) in [6.45, 7) is 11.8. The van der Waals surface area contributed by atoms with Crippen LogP contribution in [0.3, 0.4) is 0 Å². The van der Waals surface area contributed by atoms with E-state index in [2.05, 4.69) is 13.2 Å². The highest BCUT2D eigenvalue weighted by Crippen LogP contribution is 2.47. The Kier molecular flexibility index (Phi) is 8.71. The Bertz CT molecular complexity index is 420. The van der Waals surface area contributed by atoms with E-state index < -0.39 is 23.1 Å². The van der Waals surface area contributed by atoms with Crippen molar-refractivity contribution in [2.75, 3.05) is 13.2 Å². The van der Waals surface area contributed by atoms with Crippen molar-refractivity contribution >= 4 is 5.97 Å². The number of aliphatic hydroxyl groups is 1. The molecule has 138 valence electrons. The number of ether oxygens (including phenoxy) is 2. The van der Waals surface area contributed by atoms with E-state index in [1.807, 2.05) is 13.0 Å². The predicted octanol–water partition coefficient (Wildman–Crippen LogP) is 4.38. The Morgan fingerprint density at radius 2 is 1.88 bits per heavy atom. The second-order valence-electron chi connectivity index (χ2n) is 6.98. The molecule has 4 heteroatoms. The largest absolute Gasteiger partial charge is 0.466 e. The molecule has 1 fully saturated rings. The van der Waals surface area contributed by atoms with Crippen molar-refractivity contribution in [3.8, 4) is 0 Å². The summed E-state index contributed by atoms with van der Waals surface area (Å²) in [5.74, 6) is -2.56. The highest BCUT2D eigenvalue weighted by molar-refractivity contribution is 5.75. The van der Waals surface area contributed by atoms with Crippen LogP contribution >= 0.6 is 0 Å². The first-order valence-corrected chi connectivity index (χ1v) is 9.21. The fourth-order valence-corrected chi connectivity index (χ4v) is 3.41. The predicted molar refractivity (Wildman–Crippen MR) is 96.5 cm³/mol. The third-order valence-corrected chi connectivity index (χ3v) is 4.93. The van der Waals surface area contributed by atoms with E-state index in [0.29, 0.717) is 13.0 Å². The molecule has 4 nitrogen and oxygen atoms in total. The van der Waals surface area contributed by atoms with Crippen LogP contribution in [0.15, 0.2) is 25.3 Å². The van der Waals surface area contributed by atoms with Crippen LogP contribution in [0.5, 0.6) is 0 Å². The molecule has 0 aromatic heterocycles. The first-order valence-electron chi connectivity index (χ1n) is 9.21. The summed E-state index contributed by atoms with van der Waals surface area (Å²) in [4.78, 5) is 12.4. The zero-order valence-corrected chi connectivity index (χ0v) is 15.4. The molecule has 0 spiro atoms. The number of allylic oxidation sites excluding steroid dienone is 1. The van der Waals surface area contributed by atoms with Crippen molar-refractivity contribution in [1.82, 2.24) is 0 Å². The van der Waals surface area contributed by atoms with Gasteiger partial charge >= 0.3 is 5.97 Å². The molecule has 1 saturated heterocycles. The number of hydrogen-bond acceptors (Lipinski definition) is 4. The number of rotatable bonds is 12. The highest BCUT2D eigenvalue weighted by atomic mass is 16.6. The second-order valence-corrected chi connectivity index (χ2v) is 6.98. The Morgan fingerprint density at radius 3 is 2.46 bits per heavy atom. The van der Waals surface area contributed by atoms with Crippen LogP contribution in [0.2, 0.25) is 0 Å². The van der Waals surface area contributed by atoms with E-state index in [1.54, 1.807) is 13.0 Å². The summed E-state index contributed by atoms with van der Waals surface area (Å²) >= 11 is 0. The lowest BCUT2D eigenvalue weighted by atomic mass is 9.74. The van der Waals surface area contributed by atoms with Gasteiger partial charge in [0.05, 0.1) is 13.2 Å². The second kappa shape index (κ2) is 10.00. The molecule has 3 atom stereocenters. The van der Waals surface area contributed by atoms with E-state index in [9.17, 15) is 9.90 Å². The normalized spacial score (nSPS) is 29.4. The van der Waals surface area contributed by atoms with E-state index in [0.717, 1.165) is 25.7 Å². The fraction of sp³-hybridized carbons (Fsp3) is 0.750. The molecule has 0 aromatic rings. The van der Waals surface area contributed by atoms with Gasteiger partial charge in [0.1, 0.15) is 5.92 Å². The molecule has 2 unspecified atom stereocenters. The van der Waals surface area contributed by atoms with Crippen LogP contribution in [0.25, 0.3) is 0 Å². The first kappa shape index (κ1) is 20.9. The Hall–Kier alpha value is -1.13. The van der Waals surface area contributed by atoms with Crippen LogP contribution in [0, 0.1) is 11.3 Å². The summed E-state index contributed by atoms with van der Waals surface area (Å²) in [5, 5.41) is 10.9. The minimum atomic E-state index is -1.45.